The molecule has 9 nitrogen and oxygen atoms in total. The lowest BCUT2D eigenvalue weighted by molar-refractivity contribution is 0.0000455. The van der Waals surface area contributed by atoms with Crippen LogP contribution in [0.25, 0.3) is 0 Å². The van der Waals surface area contributed by atoms with E-state index in [4.69, 9.17) is 9.94 Å². The average Bonchev–Trinajstić information content (AvgIpc) is 2.68. The van der Waals surface area contributed by atoms with Crippen molar-refractivity contribution in [3.8, 4) is 0 Å². The summed E-state index contributed by atoms with van der Waals surface area (Å²) >= 11 is 0. The molecule has 26 heavy (non-hydrogen) atoms. The van der Waals surface area contributed by atoms with Crippen molar-refractivity contribution in [2.75, 3.05) is 18.0 Å². The Morgan fingerprint density at radius 3 is 2.50 bits per heavy atom. The summed E-state index contributed by atoms with van der Waals surface area (Å²) in [5.41, 5.74) is 2.66. The van der Waals surface area contributed by atoms with E-state index < -0.39 is 5.91 Å². The van der Waals surface area contributed by atoms with E-state index in [2.05, 4.69) is 9.97 Å². The summed E-state index contributed by atoms with van der Waals surface area (Å²) in [6.07, 6.45) is 2.39. The first-order valence-electron chi connectivity index (χ1n) is 8.18. The van der Waals surface area contributed by atoms with Crippen molar-refractivity contribution in [2.45, 2.75) is 18.7 Å². The molecule has 2 saturated heterocycles. The van der Waals surface area contributed by atoms with Gasteiger partial charge in [0.05, 0.1) is 17.6 Å². The molecule has 0 spiro atoms. The van der Waals surface area contributed by atoms with Crippen molar-refractivity contribution < 1.29 is 19.5 Å². The molecule has 1 unspecified atom stereocenters. The van der Waals surface area contributed by atoms with Crippen LogP contribution < -0.4 is 10.4 Å². The van der Waals surface area contributed by atoms with Gasteiger partial charge in [0.15, 0.2) is 0 Å². The van der Waals surface area contributed by atoms with Gasteiger partial charge in [0.1, 0.15) is 6.61 Å². The number of piperazine rings is 1. The predicted octanol–water partition coefficient (Wildman–Crippen LogP) is 0.805. The van der Waals surface area contributed by atoms with Gasteiger partial charge in [0.2, 0.25) is 5.95 Å². The lowest BCUT2D eigenvalue weighted by Crippen LogP contribution is -2.80. The molecule has 3 heterocycles. The van der Waals surface area contributed by atoms with E-state index in [-0.39, 0.29) is 30.3 Å². The molecule has 2 aliphatic rings. The van der Waals surface area contributed by atoms with Gasteiger partial charge in [0.25, 0.3) is 5.91 Å². The van der Waals surface area contributed by atoms with Crippen molar-refractivity contribution in [2.24, 2.45) is 0 Å². The zero-order valence-corrected chi connectivity index (χ0v) is 13.8. The smallest absolute Gasteiger partial charge is 0.410 e. The number of anilines is 1. The molecule has 0 aliphatic carbocycles. The first kappa shape index (κ1) is 16.3. The number of nitrogens with zero attached hydrogens (tertiary/aromatic N) is 4. The minimum absolute atomic E-state index is 0.0993. The van der Waals surface area contributed by atoms with E-state index in [1.54, 1.807) is 4.90 Å². The van der Waals surface area contributed by atoms with Gasteiger partial charge in [-0.2, -0.15) is 0 Å². The van der Waals surface area contributed by atoms with Crippen molar-refractivity contribution >= 4 is 17.9 Å². The van der Waals surface area contributed by atoms with Crippen LogP contribution in [0.3, 0.4) is 0 Å². The van der Waals surface area contributed by atoms with E-state index in [1.165, 1.54) is 17.9 Å². The molecule has 0 saturated carbocycles. The highest BCUT2D eigenvalue weighted by Crippen LogP contribution is 2.36. The van der Waals surface area contributed by atoms with Crippen molar-refractivity contribution in [3.05, 3.63) is 53.9 Å². The van der Waals surface area contributed by atoms with E-state index in [0.29, 0.717) is 19.0 Å². The average molecular weight is 355 g/mol. The minimum atomic E-state index is -0.658. The second-order valence-electron chi connectivity index (χ2n) is 6.19. The molecule has 2 aliphatic heterocycles. The van der Waals surface area contributed by atoms with E-state index in [0.717, 1.165) is 5.56 Å². The molecule has 2 fully saturated rings. The van der Waals surface area contributed by atoms with Crippen LogP contribution in [0.2, 0.25) is 0 Å². The molecule has 2 amide bonds. The summed E-state index contributed by atoms with van der Waals surface area (Å²) < 4.78 is 5.35. The Kier molecular flexibility index (Phi) is 4.13. The summed E-state index contributed by atoms with van der Waals surface area (Å²) in [5, 5.41) is 8.59. The lowest BCUT2D eigenvalue weighted by Gasteiger charge is -2.60. The van der Waals surface area contributed by atoms with Gasteiger partial charge in [0, 0.05) is 25.5 Å². The maximum absolute atomic E-state index is 12.2. The molecular weight excluding hydrogens is 338 g/mol. The molecule has 1 aromatic carbocycles. The Morgan fingerprint density at radius 1 is 1.15 bits per heavy atom. The third kappa shape index (κ3) is 2.82. The summed E-state index contributed by atoms with van der Waals surface area (Å²) in [5.74, 6) is -0.160. The third-order valence-corrected chi connectivity index (χ3v) is 4.71. The van der Waals surface area contributed by atoms with E-state index >= 15 is 0 Å². The number of ether oxygens (including phenoxy) is 1. The second-order valence-corrected chi connectivity index (χ2v) is 6.19. The van der Waals surface area contributed by atoms with E-state index in [1.807, 2.05) is 35.2 Å². The molecule has 0 bridgehead atoms. The number of benzene rings is 1. The van der Waals surface area contributed by atoms with Crippen molar-refractivity contribution in [1.29, 1.82) is 0 Å². The number of hydrogen-bond acceptors (Lipinski definition) is 7. The molecular formula is C17H17N5O4. The Hall–Kier alpha value is -3.20. The standard InChI is InChI=1S/C17H17N5O4/c23-15(20-25)12-6-18-16(19-7-12)21-8-14-13(21)9-22(14)17(24)26-10-11-4-2-1-3-5-11/h1-7,13-14,25H,8-10H2,(H,20,23)/t13-,14?/m1/s1. The molecule has 2 aromatic rings. The van der Waals surface area contributed by atoms with Gasteiger partial charge >= 0.3 is 6.09 Å². The maximum atomic E-state index is 12.2. The fourth-order valence-electron chi connectivity index (χ4n) is 3.15. The first-order chi connectivity index (χ1) is 12.7. The number of rotatable bonds is 4. The van der Waals surface area contributed by atoms with Gasteiger partial charge in [-0.25, -0.2) is 20.2 Å². The number of carbonyl (C=O) groups is 2. The maximum Gasteiger partial charge on any atom is 0.410 e. The number of aromatic nitrogens is 2. The monoisotopic (exact) mass is 355 g/mol. The Balaban J connectivity index is 1.29. The van der Waals surface area contributed by atoms with E-state index in [9.17, 15) is 9.59 Å². The van der Waals surface area contributed by atoms with Crippen LogP contribution in [0.4, 0.5) is 10.7 Å². The van der Waals surface area contributed by atoms with Crippen LogP contribution in [-0.4, -0.2) is 57.2 Å². The number of nitrogens with one attached hydrogen (secondary N) is 1. The van der Waals surface area contributed by atoms with Gasteiger partial charge in [-0.3, -0.25) is 14.9 Å². The SMILES string of the molecule is O=C(NO)c1cnc(N2CC3[C@H]2CN3C(=O)OCc2ccccc2)nc1. The van der Waals surface area contributed by atoms with Gasteiger partial charge in [-0.1, -0.05) is 30.3 Å². The summed E-state index contributed by atoms with van der Waals surface area (Å²) in [6, 6.07) is 9.81. The first-order valence-corrected chi connectivity index (χ1v) is 8.18. The fraction of sp³-hybridized carbons (Fsp3) is 0.294. The number of hydrogen-bond donors (Lipinski definition) is 2. The molecule has 2 N–H and O–H groups in total. The molecule has 4 rings (SSSR count). The summed E-state index contributed by atoms with van der Waals surface area (Å²) in [6.45, 7) is 1.44. The van der Waals surface area contributed by atoms with Crippen LogP contribution in [0, 0.1) is 0 Å². The molecule has 2 atom stereocenters. The molecule has 9 heteroatoms. The van der Waals surface area contributed by atoms with Gasteiger partial charge < -0.3 is 9.64 Å². The highest BCUT2D eigenvalue weighted by atomic mass is 16.6. The largest absolute Gasteiger partial charge is 0.445 e. The van der Waals surface area contributed by atoms with Crippen LogP contribution in [0.1, 0.15) is 15.9 Å². The van der Waals surface area contributed by atoms with Crippen LogP contribution in [0.5, 0.6) is 0 Å². The Morgan fingerprint density at radius 2 is 1.88 bits per heavy atom. The highest BCUT2D eigenvalue weighted by Gasteiger charge is 2.55. The van der Waals surface area contributed by atoms with Crippen molar-refractivity contribution in [3.63, 3.8) is 0 Å². The summed E-state index contributed by atoms with van der Waals surface area (Å²) in [7, 11) is 0. The zero-order valence-electron chi connectivity index (χ0n) is 13.8. The second kappa shape index (κ2) is 6.60. The number of likely N-dealkylation sites (tertiary alicyclic amines) is 1. The fourth-order valence-corrected chi connectivity index (χ4v) is 3.15. The zero-order chi connectivity index (χ0) is 18.1. The Bertz CT molecular complexity index is 814. The number of amides is 2. The minimum Gasteiger partial charge on any atom is -0.445 e. The van der Waals surface area contributed by atoms with Gasteiger partial charge in [-0.05, 0) is 5.56 Å². The quantitative estimate of drug-likeness (QED) is 0.617. The highest BCUT2D eigenvalue weighted by molar-refractivity contribution is 5.92. The topological polar surface area (TPSA) is 108 Å². The van der Waals surface area contributed by atoms with Gasteiger partial charge in [-0.15, -0.1) is 0 Å². The number of fused-ring (bicyclic) bond motifs is 1. The third-order valence-electron chi connectivity index (χ3n) is 4.71. The van der Waals surface area contributed by atoms with Crippen LogP contribution in [-0.2, 0) is 11.3 Å². The van der Waals surface area contributed by atoms with Crippen molar-refractivity contribution in [1.82, 2.24) is 20.3 Å². The lowest BCUT2D eigenvalue weighted by atomic mass is 9.86. The molecule has 0 radical (unpaired) electrons. The predicted molar refractivity (Wildman–Crippen MR) is 89.5 cm³/mol. The number of carbonyl (C=O) groups excluding carboxylic acids is 2. The molecule has 1 aromatic heterocycles. The molecule has 134 valence electrons. The Labute approximate surface area is 149 Å². The van der Waals surface area contributed by atoms with Crippen LogP contribution >= 0.6 is 0 Å². The summed E-state index contributed by atoms with van der Waals surface area (Å²) in [4.78, 5) is 35.4. The van der Waals surface area contributed by atoms with Crippen LogP contribution in [0.15, 0.2) is 42.7 Å². The number of hydroxylamine groups is 1. The normalized spacial score (nSPS) is 20.5.